The molecule has 2 nitrogen and oxygen atoms in total. The van der Waals surface area contributed by atoms with Crippen molar-refractivity contribution in [2.75, 3.05) is 11.9 Å². The van der Waals surface area contributed by atoms with Gasteiger partial charge >= 0.3 is 0 Å². The first-order chi connectivity index (χ1) is 6.63. The van der Waals surface area contributed by atoms with Crippen molar-refractivity contribution in [2.24, 2.45) is 11.8 Å². The molecule has 0 aromatic rings. The Kier molecular flexibility index (Phi) is 3.20. The van der Waals surface area contributed by atoms with Crippen LogP contribution in [0.15, 0.2) is 0 Å². The third-order valence-electron chi connectivity index (χ3n) is 3.21. The van der Waals surface area contributed by atoms with Crippen LogP contribution in [0.5, 0.6) is 0 Å². The van der Waals surface area contributed by atoms with Crippen molar-refractivity contribution in [1.82, 2.24) is 0 Å². The van der Waals surface area contributed by atoms with Gasteiger partial charge in [-0.25, -0.2) is 0 Å². The van der Waals surface area contributed by atoms with Gasteiger partial charge in [0.15, 0.2) is 5.79 Å². The van der Waals surface area contributed by atoms with E-state index in [1.165, 1.54) is 6.42 Å². The van der Waals surface area contributed by atoms with Crippen LogP contribution in [-0.2, 0) is 9.47 Å². The highest BCUT2D eigenvalue weighted by Gasteiger charge is 2.45. The Morgan fingerprint density at radius 3 is 2.43 bits per heavy atom. The van der Waals surface area contributed by atoms with Crippen LogP contribution in [0.1, 0.15) is 33.1 Å². The van der Waals surface area contributed by atoms with Crippen molar-refractivity contribution in [3.63, 3.8) is 0 Å². The fraction of sp³-hybridized carbons (Fsp3) is 1.00. The molecule has 3 heteroatoms. The van der Waals surface area contributed by atoms with E-state index in [0.717, 1.165) is 36.6 Å². The zero-order valence-corrected chi connectivity index (χ0v) is 10.5. The summed E-state index contributed by atoms with van der Waals surface area (Å²) in [5, 5.41) is 0.886. The molecule has 0 N–H and O–H groups in total. The van der Waals surface area contributed by atoms with E-state index in [-0.39, 0.29) is 11.9 Å². The summed E-state index contributed by atoms with van der Waals surface area (Å²) in [6.45, 7) is 5.35. The largest absolute Gasteiger partial charge is 0.347 e. The van der Waals surface area contributed by atoms with Crippen molar-refractivity contribution in [3.8, 4) is 0 Å². The number of ether oxygens (including phenoxy) is 2. The fourth-order valence-corrected chi connectivity index (χ4v) is 3.22. The molecule has 1 heterocycles. The standard InChI is InChI=1S/C11H19BrO2/c1-8-3-9(2)5-11(4-8)13-7-10(6-12)14-11/h8-10H,3-7H2,1-2H3. The molecule has 1 aliphatic heterocycles. The van der Waals surface area contributed by atoms with Gasteiger partial charge < -0.3 is 9.47 Å². The van der Waals surface area contributed by atoms with Gasteiger partial charge in [-0.2, -0.15) is 0 Å². The lowest BCUT2D eigenvalue weighted by Crippen LogP contribution is -2.39. The van der Waals surface area contributed by atoms with E-state index in [1.807, 2.05) is 0 Å². The van der Waals surface area contributed by atoms with Gasteiger partial charge in [0.05, 0.1) is 12.7 Å². The number of rotatable bonds is 1. The normalized spacial score (nSPS) is 48.6. The van der Waals surface area contributed by atoms with Crippen molar-refractivity contribution in [3.05, 3.63) is 0 Å². The molecule has 1 spiro atoms. The maximum atomic E-state index is 6.01. The molecule has 0 aromatic carbocycles. The first-order valence-corrected chi connectivity index (χ1v) is 6.63. The number of hydrogen-bond donors (Lipinski definition) is 0. The molecule has 0 bridgehead atoms. The quantitative estimate of drug-likeness (QED) is 0.677. The lowest BCUT2D eigenvalue weighted by Gasteiger charge is -2.38. The summed E-state index contributed by atoms with van der Waals surface area (Å²) in [6, 6.07) is 0. The zero-order chi connectivity index (χ0) is 10.2. The van der Waals surface area contributed by atoms with Crippen LogP contribution >= 0.6 is 15.9 Å². The highest BCUT2D eigenvalue weighted by Crippen LogP contribution is 2.42. The lowest BCUT2D eigenvalue weighted by molar-refractivity contribution is -0.202. The maximum absolute atomic E-state index is 6.01. The molecule has 0 aromatic heterocycles. The molecule has 2 aliphatic rings. The number of alkyl halides is 1. The van der Waals surface area contributed by atoms with E-state index < -0.39 is 0 Å². The summed E-state index contributed by atoms with van der Waals surface area (Å²) in [4.78, 5) is 0. The highest BCUT2D eigenvalue weighted by atomic mass is 79.9. The van der Waals surface area contributed by atoms with Crippen LogP contribution in [0.2, 0.25) is 0 Å². The van der Waals surface area contributed by atoms with Gasteiger partial charge in [-0.3, -0.25) is 0 Å². The van der Waals surface area contributed by atoms with E-state index in [2.05, 4.69) is 29.8 Å². The average Bonchev–Trinajstić information content (AvgIpc) is 2.46. The Labute approximate surface area is 94.5 Å². The Balaban J connectivity index is 2.01. The highest BCUT2D eigenvalue weighted by molar-refractivity contribution is 9.09. The smallest absolute Gasteiger partial charge is 0.169 e. The third kappa shape index (κ3) is 2.15. The van der Waals surface area contributed by atoms with Crippen LogP contribution in [0.25, 0.3) is 0 Å². The van der Waals surface area contributed by atoms with Crippen LogP contribution in [0.4, 0.5) is 0 Å². The lowest BCUT2D eigenvalue weighted by atomic mass is 9.79. The first kappa shape index (κ1) is 10.9. The fourth-order valence-electron chi connectivity index (χ4n) is 2.91. The monoisotopic (exact) mass is 262 g/mol. The van der Waals surface area contributed by atoms with Gasteiger partial charge in [-0.15, -0.1) is 0 Å². The predicted molar refractivity (Wildman–Crippen MR) is 59.5 cm³/mol. The van der Waals surface area contributed by atoms with Gasteiger partial charge in [0.25, 0.3) is 0 Å². The second-order valence-corrected chi connectivity index (χ2v) is 5.62. The minimum Gasteiger partial charge on any atom is -0.347 e. The Morgan fingerprint density at radius 1 is 1.29 bits per heavy atom. The van der Waals surface area contributed by atoms with Crippen molar-refractivity contribution >= 4 is 15.9 Å². The molecule has 3 unspecified atom stereocenters. The number of halogens is 1. The zero-order valence-electron chi connectivity index (χ0n) is 8.96. The van der Waals surface area contributed by atoms with E-state index in [4.69, 9.17) is 9.47 Å². The summed E-state index contributed by atoms with van der Waals surface area (Å²) in [7, 11) is 0. The van der Waals surface area contributed by atoms with E-state index in [9.17, 15) is 0 Å². The molecule has 3 atom stereocenters. The molecule has 2 fully saturated rings. The molecule has 0 radical (unpaired) electrons. The molecule has 2 rings (SSSR count). The van der Waals surface area contributed by atoms with Crippen molar-refractivity contribution < 1.29 is 9.47 Å². The molecule has 1 aliphatic carbocycles. The minimum absolute atomic E-state index is 0.241. The van der Waals surface area contributed by atoms with Gasteiger partial charge in [-0.1, -0.05) is 29.8 Å². The molecule has 1 saturated heterocycles. The molecular weight excluding hydrogens is 244 g/mol. The van der Waals surface area contributed by atoms with Crippen LogP contribution in [-0.4, -0.2) is 23.8 Å². The summed E-state index contributed by atoms with van der Waals surface area (Å²) in [5.74, 6) is 1.22. The van der Waals surface area contributed by atoms with Gasteiger partial charge in [0.2, 0.25) is 0 Å². The van der Waals surface area contributed by atoms with E-state index >= 15 is 0 Å². The van der Waals surface area contributed by atoms with Crippen LogP contribution < -0.4 is 0 Å². The number of hydrogen-bond acceptors (Lipinski definition) is 2. The Morgan fingerprint density at radius 2 is 1.93 bits per heavy atom. The van der Waals surface area contributed by atoms with Crippen LogP contribution in [0, 0.1) is 11.8 Å². The topological polar surface area (TPSA) is 18.5 Å². The second kappa shape index (κ2) is 4.11. The van der Waals surface area contributed by atoms with E-state index in [1.54, 1.807) is 0 Å². The van der Waals surface area contributed by atoms with Crippen LogP contribution in [0.3, 0.4) is 0 Å². The maximum Gasteiger partial charge on any atom is 0.169 e. The van der Waals surface area contributed by atoms with Gasteiger partial charge in [0, 0.05) is 18.2 Å². The summed E-state index contributed by atoms with van der Waals surface area (Å²) >= 11 is 3.45. The Hall–Kier alpha value is 0.400. The molecular formula is C11H19BrO2. The van der Waals surface area contributed by atoms with Crippen molar-refractivity contribution in [1.29, 1.82) is 0 Å². The third-order valence-corrected chi connectivity index (χ3v) is 3.93. The summed E-state index contributed by atoms with van der Waals surface area (Å²) < 4.78 is 11.9. The van der Waals surface area contributed by atoms with Gasteiger partial charge in [-0.05, 0) is 18.3 Å². The molecule has 82 valence electrons. The van der Waals surface area contributed by atoms with Gasteiger partial charge in [0.1, 0.15) is 0 Å². The summed E-state index contributed by atoms with van der Waals surface area (Å²) in [6.07, 6.45) is 3.71. The SMILES string of the molecule is CC1CC(C)CC2(C1)OCC(CBr)O2. The second-order valence-electron chi connectivity index (χ2n) is 4.97. The Bertz CT molecular complexity index is 197. The minimum atomic E-state index is -0.241. The van der Waals surface area contributed by atoms with Crippen molar-refractivity contribution in [2.45, 2.75) is 45.0 Å². The molecule has 14 heavy (non-hydrogen) atoms. The molecule has 0 amide bonds. The predicted octanol–water partition coefficient (Wildman–Crippen LogP) is 2.95. The van der Waals surface area contributed by atoms with E-state index in [0.29, 0.717) is 0 Å². The summed E-state index contributed by atoms with van der Waals surface area (Å²) in [5.41, 5.74) is 0. The average molecular weight is 263 g/mol. The molecule has 1 saturated carbocycles. The first-order valence-electron chi connectivity index (χ1n) is 5.51.